The monoisotopic (exact) mass is 226 g/mol. The van der Waals surface area contributed by atoms with Crippen LogP contribution in [0.3, 0.4) is 0 Å². The first kappa shape index (κ1) is 11.4. The molecule has 0 aromatic carbocycles. The second-order valence-electron chi connectivity index (χ2n) is 4.02. The lowest BCUT2D eigenvalue weighted by Gasteiger charge is -2.32. The molecule has 5 heteroatoms. The molecule has 1 aliphatic heterocycles. The molecule has 1 fully saturated rings. The molecule has 0 bridgehead atoms. The quantitative estimate of drug-likeness (QED) is 0.832. The average molecular weight is 226 g/mol. The zero-order chi connectivity index (χ0) is 11.6. The van der Waals surface area contributed by atoms with Crippen LogP contribution in [0.1, 0.15) is 25.5 Å². The second kappa shape index (κ2) is 4.43. The van der Waals surface area contributed by atoms with Crippen molar-refractivity contribution in [1.29, 1.82) is 0 Å². The molecule has 5 nitrogen and oxygen atoms in total. The Bertz CT molecular complexity index is 335. The summed E-state index contributed by atoms with van der Waals surface area (Å²) in [5.41, 5.74) is -0.0865. The molecule has 1 aromatic heterocycles. The highest BCUT2D eigenvalue weighted by atomic mass is 16.5. The van der Waals surface area contributed by atoms with Gasteiger partial charge in [-0.1, -0.05) is 0 Å². The summed E-state index contributed by atoms with van der Waals surface area (Å²) in [5, 5.41) is 14.9. The minimum Gasteiger partial charge on any atom is -0.493 e. The van der Waals surface area contributed by atoms with E-state index in [-0.39, 0.29) is 0 Å². The van der Waals surface area contributed by atoms with Crippen LogP contribution in [0.4, 0.5) is 0 Å². The first-order chi connectivity index (χ1) is 7.71. The van der Waals surface area contributed by atoms with Crippen molar-refractivity contribution in [2.75, 3.05) is 20.3 Å². The highest BCUT2D eigenvalue weighted by molar-refractivity contribution is 5.31. The molecule has 0 atom stereocenters. The van der Waals surface area contributed by atoms with Gasteiger partial charge in [0.05, 0.1) is 13.3 Å². The van der Waals surface area contributed by atoms with Crippen molar-refractivity contribution in [2.45, 2.75) is 31.9 Å². The van der Waals surface area contributed by atoms with Gasteiger partial charge in [-0.25, -0.2) is 0 Å². The third-order valence-corrected chi connectivity index (χ3v) is 3.09. The van der Waals surface area contributed by atoms with Crippen molar-refractivity contribution in [2.24, 2.45) is 0 Å². The summed E-state index contributed by atoms with van der Waals surface area (Å²) in [4.78, 5) is 0. The summed E-state index contributed by atoms with van der Waals surface area (Å²) < 4.78 is 12.3. The Morgan fingerprint density at radius 1 is 1.56 bits per heavy atom. The number of aliphatic hydroxyl groups is 1. The molecule has 90 valence electrons. The van der Waals surface area contributed by atoms with Crippen molar-refractivity contribution < 1.29 is 14.6 Å². The van der Waals surface area contributed by atoms with E-state index in [1.807, 2.05) is 6.92 Å². The van der Waals surface area contributed by atoms with E-state index in [2.05, 4.69) is 5.10 Å². The largest absolute Gasteiger partial charge is 0.493 e. The Kier molecular flexibility index (Phi) is 3.16. The third kappa shape index (κ3) is 1.81. The molecule has 0 amide bonds. The van der Waals surface area contributed by atoms with Gasteiger partial charge in [0.15, 0.2) is 5.75 Å². The molecular formula is C11H18N2O3. The van der Waals surface area contributed by atoms with Gasteiger partial charge in [-0.2, -0.15) is 5.10 Å². The summed E-state index contributed by atoms with van der Waals surface area (Å²) in [7, 11) is 1.60. The third-order valence-electron chi connectivity index (χ3n) is 3.09. The van der Waals surface area contributed by atoms with E-state index in [0.29, 0.717) is 31.8 Å². The van der Waals surface area contributed by atoms with Crippen molar-refractivity contribution in [3.05, 3.63) is 11.9 Å². The van der Waals surface area contributed by atoms with Gasteiger partial charge in [0.1, 0.15) is 11.3 Å². The lowest BCUT2D eigenvalue weighted by molar-refractivity contribution is -0.0740. The molecule has 1 aromatic rings. The van der Waals surface area contributed by atoms with Gasteiger partial charge in [-0.15, -0.1) is 0 Å². The molecule has 0 saturated carbocycles. The maximum Gasteiger partial charge on any atom is 0.162 e. The Morgan fingerprint density at radius 2 is 2.25 bits per heavy atom. The van der Waals surface area contributed by atoms with E-state index in [4.69, 9.17) is 9.47 Å². The fourth-order valence-electron chi connectivity index (χ4n) is 2.17. The summed E-state index contributed by atoms with van der Waals surface area (Å²) >= 11 is 0. The lowest BCUT2D eigenvalue weighted by atomic mass is 9.90. The number of aryl methyl sites for hydroxylation is 1. The van der Waals surface area contributed by atoms with E-state index in [0.717, 1.165) is 12.2 Å². The molecule has 0 unspecified atom stereocenters. The minimum absolute atomic E-state index is 0.578. The Hall–Kier alpha value is -1.07. The number of rotatable bonds is 3. The van der Waals surface area contributed by atoms with Gasteiger partial charge >= 0.3 is 0 Å². The molecule has 1 N–H and O–H groups in total. The fraction of sp³-hybridized carbons (Fsp3) is 0.727. The Morgan fingerprint density at radius 3 is 2.81 bits per heavy atom. The molecule has 16 heavy (non-hydrogen) atoms. The van der Waals surface area contributed by atoms with Crippen molar-refractivity contribution in [1.82, 2.24) is 9.78 Å². The van der Waals surface area contributed by atoms with E-state index in [1.54, 1.807) is 18.0 Å². The lowest BCUT2D eigenvalue weighted by Crippen LogP contribution is -2.36. The zero-order valence-corrected chi connectivity index (χ0v) is 9.77. The van der Waals surface area contributed by atoms with Gasteiger partial charge in [-0.05, 0) is 6.92 Å². The summed E-state index contributed by atoms with van der Waals surface area (Å²) in [6.07, 6.45) is 2.84. The van der Waals surface area contributed by atoms with E-state index in [9.17, 15) is 5.11 Å². The molecule has 0 radical (unpaired) electrons. The van der Waals surface area contributed by atoms with Crippen molar-refractivity contribution in [3.8, 4) is 5.75 Å². The highest BCUT2D eigenvalue weighted by Gasteiger charge is 2.37. The first-order valence-corrected chi connectivity index (χ1v) is 5.61. The van der Waals surface area contributed by atoms with Crippen LogP contribution in [0.2, 0.25) is 0 Å². The van der Waals surface area contributed by atoms with Crippen LogP contribution < -0.4 is 4.74 Å². The number of methoxy groups -OCH3 is 1. The number of aromatic nitrogens is 2. The van der Waals surface area contributed by atoms with E-state index in [1.165, 1.54) is 0 Å². The SMILES string of the molecule is CCn1ncc(OC)c1C1(O)CCOCC1. The van der Waals surface area contributed by atoms with Gasteiger partial charge in [0, 0.05) is 32.6 Å². The first-order valence-electron chi connectivity index (χ1n) is 5.61. The van der Waals surface area contributed by atoms with Gasteiger partial charge in [0.25, 0.3) is 0 Å². The predicted molar refractivity (Wildman–Crippen MR) is 58.4 cm³/mol. The summed E-state index contributed by atoms with van der Waals surface area (Å²) in [6, 6.07) is 0. The van der Waals surface area contributed by atoms with E-state index < -0.39 is 5.60 Å². The predicted octanol–water partition coefficient (Wildman–Crippen LogP) is 0.910. The smallest absolute Gasteiger partial charge is 0.162 e. The van der Waals surface area contributed by atoms with Crippen LogP contribution in [0.25, 0.3) is 0 Å². The number of hydrogen-bond acceptors (Lipinski definition) is 4. The molecular weight excluding hydrogens is 208 g/mol. The van der Waals surface area contributed by atoms with Crippen LogP contribution >= 0.6 is 0 Å². The van der Waals surface area contributed by atoms with Crippen LogP contribution in [0.15, 0.2) is 6.20 Å². The van der Waals surface area contributed by atoms with Crippen LogP contribution in [-0.2, 0) is 16.9 Å². The standard InChI is InChI=1S/C11H18N2O3/c1-3-13-10(9(15-2)8-12-13)11(14)4-6-16-7-5-11/h8,14H,3-7H2,1-2H3. The number of hydrogen-bond donors (Lipinski definition) is 1. The molecule has 2 heterocycles. The van der Waals surface area contributed by atoms with Gasteiger partial charge in [0.2, 0.25) is 0 Å². The van der Waals surface area contributed by atoms with Crippen LogP contribution in [-0.4, -0.2) is 35.2 Å². The summed E-state index contributed by atoms with van der Waals surface area (Å²) in [6.45, 7) is 3.88. The number of ether oxygens (including phenoxy) is 2. The Labute approximate surface area is 95.0 Å². The maximum absolute atomic E-state index is 10.6. The second-order valence-corrected chi connectivity index (χ2v) is 4.02. The van der Waals surface area contributed by atoms with Crippen LogP contribution in [0, 0.1) is 0 Å². The van der Waals surface area contributed by atoms with E-state index >= 15 is 0 Å². The topological polar surface area (TPSA) is 56.5 Å². The molecule has 0 aliphatic carbocycles. The highest BCUT2D eigenvalue weighted by Crippen LogP contribution is 2.37. The fourth-order valence-corrected chi connectivity index (χ4v) is 2.17. The summed E-state index contributed by atoms with van der Waals surface area (Å²) in [5.74, 6) is 0.659. The normalized spacial score (nSPS) is 19.7. The van der Waals surface area contributed by atoms with Gasteiger partial charge in [-0.3, -0.25) is 4.68 Å². The van der Waals surface area contributed by atoms with Crippen LogP contribution in [0.5, 0.6) is 5.75 Å². The molecule has 1 saturated heterocycles. The minimum atomic E-state index is -0.865. The number of nitrogens with zero attached hydrogens (tertiary/aromatic N) is 2. The zero-order valence-electron chi connectivity index (χ0n) is 9.77. The van der Waals surface area contributed by atoms with Crippen molar-refractivity contribution >= 4 is 0 Å². The molecule has 2 rings (SSSR count). The van der Waals surface area contributed by atoms with Gasteiger partial charge < -0.3 is 14.6 Å². The Balaban J connectivity index is 2.39. The molecule has 1 aliphatic rings. The molecule has 0 spiro atoms. The average Bonchev–Trinajstić information content (AvgIpc) is 2.73. The maximum atomic E-state index is 10.6. The van der Waals surface area contributed by atoms with Crippen molar-refractivity contribution in [3.63, 3.8) is 0 Å².